The Bertz CT molecular complexity index is 716. The van der Waals surface area contributed by atoms with E-state index in [2.05, 4.69) is 35.9 Å². The predicted octanol–water partition coefficient (Wildman–Crippen LogP) is 2.01. The minimum Gasteiger partial charge on any atom is -0.279 e. The van der Waals surface area contributed by atoms with Crippen LogP contribution in [0.15, 0.2) is 23.0 Å². The molecule has 0 aliphatic rings. The molecule has 0 radical (unpaired) electrons. The van der Waals surface area contributed by atoms with E-state index < -0.39 is 0 Å². The quantitative estimate of drug-likeness (QED) is 0.652. The van der Waals surface area contributed by atoms with Crippen LogP contribution in [0.5, 0.6) is 0 Å². The molecule has 0 bridgehead atoms. The molecule has 6 heteroatoms. The number of nitrogens with two attached hydrogens (primary N) is 1. The lowest BCUT2D eigenvalue weighted by Crippen LogP contribution is -2.37. The van der Waals surface area contributed by atoms with Gasteiger partial charge in [0.1, 0.15) is 5.82 Å². The molecule has 1 aromatic heterocycles. The van der Waals surface area contributed by atoms with Gasteiger partial charge in [-0.15, -0.1) is 0 Å². The van der Waals surface area contributed by atoms with E-state index in [-0.39, 0.29) is 11.6 Å². The summed E-state index contributed by atoms with van der Waals surface area (Å²) >= 11 is 0. The number of aromatic nitrogens is 3. The number of hydrazine groups is 1. The summed E-state index contributed by atoms with van der Waals surface area (Å²) in [6.07, 6.45) is 2.32. The third-order valence-corrected chi connectivity index (χ3v) is 3.98. The van der Waals surface area contributed by atoms with Crippen molar-refractivity contribution in [2.24, 2.45) is 5.84 Å². The summed E-state index contributed by atoms with van der Waals surface area (Å²) < 4.78 is 1.64. The molecular weight excluding hydrogens is 290 g/mol. The zero-order chi connectivity index (χ0) is 17.0. The SMILES string of the molecule is CCc1cccc(CC)c1-n1c(CC)nc(N(N)CC)nc1=O. The molecule has 0 aliphatic carbocycles. The largest absolute Gasteiger partial charge is 0.356 e. The van der Waals surface area contributed by atoms with E-state index in [1.807, 2.05) is 19.9 Å². The lowest BCUT2D eigenvalue weighted by atomic mass is 10.0. The first-order valence-electron chi connectivity index (χ1n) is 8.20. The molecule has 2 rings (SSSR count). The van der Waals surface area contributed by atoms with Crippen molar-refractivity contribution in [2.75, 3.05) is 11.6 Å². The maximum atomic E-state index is 12.7. The van der Waals surface area contributed by atoms with Crippen molar-refractivity contribution < 1.29 is 0 Å². The second-order valence-corrected chi connectivity index (χ2v) is 5.33. The molecule has 1 aromatic carbocycles. The summed E-state index contributed by atoms with van der Waals surface area (Å²) in [7, 11) is 0. The number of hydrogen-bond acceptors (Lipinski definition) is 5. The maximum absolute atomic E-state index is 12.7. The first-order chi connectivity index (χ1) is 11.1. The summed E-state index contributed by atoms with van der Waals surface area (Å²) in [5.41, 5.74) is 2.84. The van der Waals surface area contributed by atoms with Crippen LogP contribution in [0, 0.1) is 0 Å². The molecule has 6 nitrogen and oxygen atoms in total. The number of para-hydroxylation sites is 1. The Morgan fingerprint density at radius 3 is 2.13 bits per heavy atom. The number of anilines is 1. The van der Waals surface area contributed by atoms with Crippen LogP contribution >= 0.6 is 0 Å². The molecule has 0 spiro atoms. The number of hydrogen-bond donors (Lipinski definition) is 1. The van der Waals surface area contributed by atoms with Crippen molar-refractivity contribution >= 4 is 5.95 Å². The van der Waals surface area contributed by atoms with Crippen LogP contribution in [0.2, 0.25) is 0 Å². The lowest BCUT2D eigenvalue weighted by Gasteiger charge is -2.20. The van der Waals surface area contributed by atoms with E-state index in [1.165, 1.54) is 5.01 Å². The van der Waals surface area contributed by atoms with Crippen molar-refractivity contribution in [3.63, 3.8) is 0 Å². The van der Waals surface area contributed by atoms with Gasteiger partial charge in [0.15, 0.2) is 0 Å². The van der Waals surface area contributed by atoms with Crippen LogP contribution in [0.25, 0.3) is 5.69 Å². The molecular formula is C17H25N5O. The minimum atomic E-state index is -0.327. The average Bonchev–Trinajstić information content (AvgIpc) is 2.59. The number of benzene rings is 1. The third kappa shape index (κ3) is 3.27. The molecule has 2 aromatic rings. The van der Waals surface area contributed by atoms with Gasteiger partial charge in [0.2, 0.25) is 5.95 Å². The molecule has 1 heterocycles. The highest BCUT2D eigenvalue weighted by molar-refractivity contribution is 5.49. The monoisotopic (exact) mass is 315 g/mol. The van der Waals surface area contributed by atoms with E-state index in [9.17, 15) is 4.79 Å². The van der Waals surface area contributed by atoms with Crippen LogP contribution in [0.1, 0.15) is 44.6 Å². The molecule has 0 saturated heterocycles. The van der Waals surface area contributed by atoms with Crippen molar-refractivity contribution in [1.82, 2.24) is 14.5 Å². The first-order valence-corrected chi connectivity index (χ1v) is 8.20. The van der Waals surface area contributed by atoms with Gasteiger partial charge in [0.05, 0.1) is 5.69 Å². The molecule has 0 atom stereocenters. The molecule has 124 valence electrons. The molecule has 0 amide bonds. The highest BCUT2D eigenvalue weighted by atomic mass is 16.1. The van der Waals surface area contributed by atoms with Crippen LogP contribution in [-0.4, -0.2) is 21.1 Å². The van der Waals surface area contributed by atoms with Gasteiger partial charge >= 0.3 is 5.69 Å². The fraction of sp³-hybridized carbons (Fsp3) is 0.471. The molecule has 0 unspecified atom stereocenters. The molecule has 23 heavy (non-hydrogen) atoms. The topological polar surface area (TPSA) is 77.0 Å². The van der Waals surface area contributed by atoms with Crippen molar-refractivity contribution in [1.29, 1.82) is 0 Å². The predicted molar refractivity (Wildman–Crippen MR) is 93.0 cm³/mol. The molecule has 0 fully saturated rings. The molecule has 2 N–H and O–H groups in total. The summed E-state index contributed by atoms with van der Waals surface area (Å²) in [5.74, 6) is 6.80. The minimum absolute atomic E-state index is 0.276. The van der Waals surface area contributed by atoms with Gasteiger partial charge in [-0.05, 0) is 30.9 Å². The second kappa shape index (κ2) is 7.37. The first kappa shape index (κ1) is 17.1. The zero-order valence-electron chi connectivity index (χ0n) is 14.3. The smallest absolute Gasteiger partial charge is 0.279 e. The van der Waals surface area contributed by atoms with Crippen LogP contribution < -0.4 is 16.5 Å². The Morgan fingerprint density at radius 1 is 1.04 bits per heavy atom. The van der Waals surface area contributed by atoms with Gasteiger partial charge in [-0.1, -0.05) is 39.0 Å². The van der Waals surface area contributed by atoms with E-state index in [1.54, 1.807) is 4.57 Å². The molecule has 0 aliphatic heterocycles. The van der Waals surface area contributed by atoms with E-state index in [0.717, 1.165) is 29.7 Å². The van der Waals surface area contributed by atoms with Gasteiger partial charge in [0, 0.05) is 13.0 Å². The Hall–Kier alpha value is -2.21. The van der Waals surface area contributed by atoms with E-state index in [0.29, 0.717) is 18.8 Å². The summed E-state index contributed by atoms with van der Waals surface area (Å²) in [5, 5.41) is 1.39. The lowest BCUT2D eigenvalue weighted by molar-refractivity contribution is 0.724. The number of nitrogens with zero attached hydrogens (tertiary/aromatic N) is 4. The van der Waals surface area contributed by atoms with Crippen LogP contribution in [0.3, 0.4) is 0 Å². The Labute approximate surface area is 137 Å². The van der Waals surface area contributed by atoms with Crippen molar-refractivity contribution in [2.45, 2.75) is 47.0 Å². The fourth-order valence-electron chi connectivity index (χ4n) is 2.67. The second-order valence-electron chi connectivity index (χ2n) is 5.33. The Morgan fingerprint density at radius 2 is 1.65 bits per heavy atom. The van der Waals surface area contributed by atoms with Gasteiger partial charge < -0.3 is 0 Å². The van der Waals surface area contributed by atoms with Gasteiger partial charge in [-0.3, -0.25) is 5.01 Å². The van der Waals surface area contributed by atoms with Crippen molar-refractivity contribution in [3.05, 3.63) is 45.6 Å². The number of aryl methyl sites for hydroxylation is 3. The van der Waals surface area contributed by atoms with Crippen LogP contribution in [-0.2, 0) is 19.3 Å². The summed E-state index contributed by atoms with van der Waals surface area (Å²) in [6, 6.07) is 6.14. The Kier molecular flexibility index (Phi) is 5.50. The van der Waals surface area contributed by atoms with Gasteiger partial charge in [0.25, 0.3) is 0 Å². The van der Waals surface area contributed by atoms with Crippen molar-refractivity contribution in [3.8, 4) is 5.69 Å². The highest BCUT2D eigenvalue weighted by Crippen LogP contribution is 2.21. The van der Waals surface area contributed by atoms with Crippen LogP contribution in [0.4, 0.5) is 5.95 Å². The average molecular weight is 315 g/mol. The highest BCUT2D eigenvalue weighted by Gasteiger charge is 2.17. The Balaban J connectivity index is 2.77. The number of rotatable bonds is 6. The summed E-state index contributed by atoms with van der Waals surface area (Å²) in [6.45, 7) is 8.58. The summed E-state index contributed by atoms with van der Waals surface area (Å²) in [4.78, 5) is 21.3. The maximum Gasteiger partial charge on any atom is 0.356 e. The standard InChI is InChI=1S/C17H25N5O/c1-5-12-10-9-11-13(6-2)15(12)22-14(7-3)19-16(20-17(22)23)21(18)8-4/h9-11H,5-8,18H2,1-4H3. The molecule has 0 saturated carbocycles. The normalized spacial score (nSPS) is 10.8. The van der Waals surface area contributed by atoms with E-state index >= 15 is 0 Å². The van der Waals surface area contributed by atoms with Gasteiger partial charge in [-0.25, -0.2) is 15.2 Å². The fourth-order valence-corrected chi connectivity index (χ4v) is 2.67. The van der Waals surface area contributed by atoms with E-state index in [4.69, 9.17) is 5.84 Å². The zero-order valence-corrected chi connectivity index (χ0v) is 14.3. The van der Waals surface area contributed by atoms with Gasteiger partial charge in [-0.2, -0.15) is 9.97 Å². The third-order valence-electron chi connectivity index (χ3n) is 3.98.